The molecule has 2 heterocycles. The van der Waals surface area contributed by atoms with Gasteiger partial charge >= 0.3 is 0 Å². The second-order valence-electron chi connectivity index (χ2n) is 8.52. The number of amides is 1. The van der Waals surface area contributed by atoms with Gasteiger partial charge in [-0.15, -0.1) is 0 Å². The summed E-state index contributed by atoms with van der Waals surface area (Å²) in [4.78, 5) is 22.0. The average molecular weight is 512 g/mol. The maximum absolute atomic E-state index is 13.5. The molecule has 1 fully saturated rings. The molecule has 7 nitrogen and oxygen atoms in total. The molecule has 2 N–H and O–H groups in total. The fourth-order valence-electron chi connectivity index (χ4n) is 4.06. The van der Waals surface area contributed by atoms with Gasteiger partial charge in [-0.25, -0.2) is 13.8 Å². The van der Waals surface area contributed by atoms with Crippen LogP contribution in [0.5, 0.6) is 5.88 Å². The van der Waals surface area contributed by atoms with E-state index in [0.29, 0.717) is 23.0 Å². The van der Waals surface area contributed by atoms with Crippen LogP contribution >= 0.6 is 23.2 Å². The first-order valence-corrected chi connectivity index (χ1v) is 11.8. The van der Waals surface area contributed by atoms with Gasteiger partial charge in [-0.3, -0.25) is 9.36 Å². The lowest BCUT2D eigenvalue weighted by Gasteiger charge is -2.27. The molecule has 0 bridgehead atoms. The molecule has 0 unspecified atom stereocenters. The number of hydrogen-bond donors (Lipinski definition) is 2. The average Bonchev–Trinajstić information content (AvgIpc) is 3.10. The molecule has 34 heavy (non-hydrogen) atoms. The standard InChI is InChI=1S/C23H25Cl2F2N5O2/c1-12-3-5-14(6-4-12)28-21(33)15-11-18-20(31-22(15)34-8-7-26)32(2)23(29-18)30-19-16(24)9-13(27)10-17(19)25/h9-12,14H,3-8H2,1-2H3,(H,28,33)(H,29,30)/t12-,14-. The SMILES string of the molecule is Cn1c(Nc2c(Cl)cc(F)cc2Cl)nc2cc(C(=O)N[C@H]3CC[C@H](C)CC3)c(OCCF)nc21. The zero-order valence-electron chi connectivity index (χ0n) is 18.8. The summed E-state index contributed by atoms with van der Waals surface area (Å²) in [6.45, 7) is 1.25. The number of alkyl halides is 1. The van der Waals surface area contributed by atoms with E-state index in [1.54, 1.807) is 17.7 Å². The Kier molecular flexibility index (Phi) is 7.42. The summed E-state index contributed by atoms with van der Waals surface area (Å²) in [5, 5.41) is 6.20. The second-order valence-corrected chi connectivity index (χ2v) is 9.33. The van der Waals surface area contributed by atoms with Crippen molar-refractivity contribution in [1.29, 1.82) is 0 Å². The predicted molar refractivity (Wildman–Crippen MR) is 129 cm³/mol. The van der Waals surface area contributed by atoms with E-state index in [1.807, 2.05) is 0 Å². The van der Waals surface area contributed by atoms with Crippen molar-refractivity contribution in [1.82, 2.24) is 19.9 Å². The van der Waals surface area contributed by atoms with E-state index in [9.17, 15) is 13.6 Å². The van der Waals surface area contributed by atoms with Crippen molar-refractivity contribution >= 4 is 51.9 Å². The fourth-order valence-corrected chi connectivity index (χ4v) is 4.61. The van der Waals surface area contributed by atoms with Gasteiger partial charge in [0.05, 0.1) is 15.7 Å². The molecule has 182 valence electrons. The van der Waals surface area contributed by atoms with Crippen molar-refractivity contribution in [3.05, 3.63) is 39.6 Å². The molecular formula is C23H25Cl2F2N5O2. The lowest BCUT2D eigenvalue weighted by Crippen LogP contribution is -2.37. The molecule has 1 aliphatic carbocycles. The second kappa shape index (κ2) is 10.3. The monoisotopic (exact) mass is 511 g/mol. The van der Waals surface area contributed by atoms with Gasteiger partial charge in [-0.2, -0.15) is 4.98 Å². The molecule has 1 amide bonds. The van der Waals surface area contributed by atoms with Gasteiger partial charge in [-0.1, -0.05) is 30.1 Å². The zero-order valence-corrected chi connectivity index (χ0v) is 20.3. The van der Waals surface area contributed by atoms with E-state index in [1.165, 1.54) is 0 Å². The maximum Gasteiger partial charge on any atom is 0.257 e. The summed E-state index contributed by atoms with van der Waals surface area (Å²) in [6, 6.07) is 3.90. The van der Waals surface area contributed by atoms with E-state index >= 15 is 0 Å². The highest BCUT2D eigenvalue weighted by Gasteiger charge is 2.24. The van der Waals surface area contributed by atoms with Gasteiger partial charge in [0.25, 0.3) is 5.91 Å². The van der Waals surface area contributed by atoms with Crippen molar-refractivity contribution in [2.45, 2.75) is 38.6 Å². The molecule has 0 saturated heterocycles. The van der Waals surface area contributed by atoms with E-state index in [0.717, 1.165) is 37.8 Å². The Hall–Kier alpha value is -2.65. The van der Waals surface area contributed by atoms with Crippen LogP contribution in [-0.4, -0.2) is 39.8 Å². The minimum atomic E-state index is -0.721. The number of carbonyl (C=O) groups excluding carboxylic acids is 1. The maximum atomic E-state index is 13.5. The number of halogens is 4. The highest BCUT2D eigenvalue weighted by molar-refractivity contribution is 6.39. The third-order valence-electron chi connectivity index (χ3n) is 5.97. The van der Waals surface area contributed by atoms with Gasteiger partial charge in [0.1, 0.15) is 30.2 Å². The first kappa shape index (κ1) is 24.5. The van der Waals surface area contributed by atoms with Gasteiger partial charge in [0.15, 0.2) is 5.65 Å². The summed E-state index contributed by atoms with van der Waals surface area (Å²) < 4.78 is 33.4. The number of benzene rings is 1. The highest BCUT2D eigenvalue weighted by atomic mass is 35.5. The van der Waals surface area contributed by atoms with Crippen LogP contribution in [0.15, 0.2) is 18.2 Å². The number of rotatable bonds is 7. The predicted octanol–water partition coefficient (Wildman–Crippen LogP) is 5.81. The Morgan fingerprint density at radius 3 is 2.50 bits per heavy atom. The summed E-state index contributed by atoms with van der Waals surface area (Å²) in [5.74, 6) is 0.0853. The molecule has 3 aromatic rings. The zero-order chi connectivity index (χ0) is 24.4. The van der Waals surface area contributed by atoms with E-state index < -0.39 is 12.5 Å². The smallest absolute Gasteiger partial charge is 0.257 e. The number of pyridine rings is 1. The minimum Gasteiger partial charge on any atom is -0.474 e. The van der Waals surface area contributed by atoms with Crippen LogP contribution in [0.1, 0.15) is 43.0 Å². The number of hydrogen-bond acceptors (Lipinski definition) is 5. The first-order chi connectivity index (χ1) is 16.3. The van der Waals surface area contributed by atoms with Crippen molar-refractivity contribution in [3.8, 4) is 5.88 Å². The summed E-state index contributed by atoms with van der Waals surface area (Å²) in [6.07, 6.45) is 3.91. The number of aromatic nitrogens is 3. The summed E-state index contributed by atoms with van der Waals surface area (Å²) in [5.41, 5.74) is 1.27. The van der Waals surface area contributed by atoms with E-state index in [2.05, 4.69) is 27.5 Å². The summed E-state index contributed by atoms with van der Waals surface area (Å²) in [7, 11) is 1.69. The molecule has 1 aromatic carbocycles. The van der Waals surface area contributed by atoms with Crippen molar-refractivity contribution in [2.75, 3.05) is 18.6 Å². The topological polar surface area (TPSA) is 81.1 Å². The van der Waals surface area contributed by atoms with Crippen LogP contribution in [0.25, 0.3) is 11.2 Å². The Morgan fingerprint density at radius 1 is 1.18 bits per heavy atom. The first-order valence-electron chi connectivity index (χ1n) is 11.1. The normalized spacial score (nSPS) is 18.2. The Morgan fingerprint density at radius 2 is 1.85 bits per heavy atom. The molecule has 0 spiro atoms. The molecule has 4 rings (SSSR count). The third kappa shape index (κ3) is 5.20. The number of imidazole rings is 1. The molecule has 11 heteroatoms. The van der Waals surface area contributed by atoms with E-state index in [-0.39, 0.29) is 45.7 Å². The number of aryl methyl sites for hydroxylation is 1. The highest BCUT2D eigenvalue weighted by Crippen LogP contribution is 2.34. The van der Waals surface area contributed by atoms with Crippen LogP contribution in [0, 0.1) is 11.7 Å². The van der Waals surface area contributed by atoms with Gasteiger partial charge in [0.2, 0.25) is 11.8 Å². The molecule has 1 aliphatic rings. The summed E-state index contributed by atoms with van der Waals surface area (Å²) >= 11 is 12.3. The molecule has 0 aliphatic heterocycles. The van der Waals surface area contributed by atoms with Crippen LogP contribution in [0.4, 0.5) is 20.4 Å². The van der Waals surface area contributed by atoms with Gasteiger partial charge in [0, 0.05) is 13.1 Å². The third-order valence-corrected chi connectivity index (χ3v) is 6.56. The molecule has 0 radical (unpaired) electrons. The number of fused-ring (bicyclic) bond motifs is 1. The Labute approximate surface area is 205 Å². The lowest BCUT2D eigenvalue weighted by atomic mass is 9.87. The fraction of sp³-hybridized carbons (Fsp3) is 0.435. The van der Waals surface area contributed by atoms with Crippen LogP contribution in [-0.2, 0) is 7.05 Å². The van der Waals surface area contributed by atoms with E-state index in [4.69, 9.17) is 27.9 Å². The van der Waals surface area contributed by atoms with Gasteiger partial charge < -0.3 is 15.4 Å². The largest absolute Gasteiger partial charge is 0.474 e. The Bertz CT molecular complexity index is 1190. The number of carbonyl (C=O) groups is 1. The van der Waals surface area contributed by atoms with Crippen LogP contribution in [0.2, 0.25) is 10.0 Å². The Balaban J connectivity index is 1.67. The minimum absolute atomic E-state index is 0.0271. The quantitative estimate of drug-likeness (QED) is 0.418. The number of anilines is 2. The molecule has 2 aromatic heterocycles. The number of nitrogens with zero attached hydrogens (tertiary/aromatic N) is 3. The van der Waals surface area contributed by atoms with Crippen molar-refractivity contribution < 1.29 is 18.3 Å². The van der Waals surface area contributed by atoms with Crippen LogP contribution in [0.3, 0.4) is 0 Å². The van der Waals surface area contributed by atoms with Crippen molar-refractivity contribution in [2.24, 2.45) is 13.0 Å². The molecule has 0 atom stereocenters. The molecule has 1 saturated carbocycles. The number of nitrogens with one attached hydrogen (secondary N) is 2. The number of ether oxygens (including phenoxy) is 1. The lowest BCUT2D eigenvalue weighted by molar-refractivity contribution is 0.0917. The van der Waals surface area contributed by atoms with Gasteiger partial charge in [-0.05, 0) is 49.8 Å². The molecular weight excluding hydrogens is 487 g/mol. The van der Waals surface area contributed by atoms with Crippen LogP contribution < -0.4 is 15.4 Å². The van der Waals surface area contributed by atoms with Crippen molar-refractivity contribution in [3.63, 3.8) is 0 Å².